The van der Waals surface area contributed by atoms with Crippen molar-refractivity contribution in [3.05, 3.63) is 35.9 Å². The van der Waals surface area contributed by atoms with Gasteiger partial charge >= 0.3 is 0 Å². The molecule has 2 aliphatic heterocycles. The molecule has 3 rings (SSSR count). The highest BCUT2D eigenvalue weighted by molar-refractivity contribution is 5.94. The van der Waals surface area contributed by atoms with E-state index in [0.717, 1.165) is 25.9 Å². The zero-order chi connectivity index (χ0) is 17.6. The molecule has 2 fully saturated rings. The van der Waals surface area contributed by atoms with Crippen LogP contribution in [0.3, 0.4) is 0 Å². The topological polar surface area (TPSA) is 61.9 Å². The summed E-state index contributed by atoms with van der Waals surface area (Å²) in [6, 6.07) is 9.27. The Morgan fingerprint density at radius 1 is 1.20 bits per heavy atom. The second kappa shape index (κ2) is 8.45. The van der Waals surface area contributed by atoms with E-state index in [4.69, 9.17) is 4.74 Å². The molecular weight excluding hydrogens is 318 g/mol. The first kappa shape index (κ1) is 17.9. The minimum Gasteiger partial charge on any atom is -0.374 e. The van der Waals surface area contributed by atoms with E-state index in [0.29, 0.717) is 31.8 Å². The average Bonchev–Trinajstić information content (AvgIpc) is 2.66. The number of amides is 2. The van der Waals surface area contributed by atoms with Gasteiger partial charge in [0.15, 0.2) is 0 Å². The molecule has 2 atom stereocenters. The summed E-state index contributed by atoms with van der Waals surface area (Å²) < 4.78 is 5.68. The van der Waals surface area contributed by atoms with Crippen molar-refractivity contribution in [3.8, 4) is 0 Å². The fraction of sp³-hybridized carbons (Fsp3) is 0.579. The molecule has 0 saturated carbocycles. The maximum absolute atomic E-state index is 12.6. The predicted octanol–water partition coefficient (Wildman–Crippen LogP) is 0.986. The summed E-state index contributed by atoms with van der Waals surface area (Å²) in [5.41, 5.74) is 0.683. The van der Waals surface area contributed by atoms with Gasteiger partial charge in [-0.1, -0.05) is 18.2 Å². The van der Waals surface area contributed by atoms with Crippen LogP contribution in [-0.4, -0.2) is 74.1 Å². The fourth-order valence-electron chi connectivity index (χ4n) is 3.49. The molecule has 2 heterocycles. The number of nitrogens with zero attached hydrogens (tertiary/aromatic N) is 2. The van der Waals surface area contributed by atoms with Crippen molar-refractivity contribution in [2.75, 3.05) is 46.4 Å². The van der Waals surface area contributed by atoms with Gasteiger partial charge in [0.1, 0.15) is 0 Å². The molecule has 0 spiro atoms. The van der Waals surface area contributed by atoms with E-state index < -0.39 is 0 Å². The summed E-state index contributed by atoms with van der Waals surface area (Å²) in [4.78, 5) is 29.1. The normalized spacial score (nSPS) is 24.8. The highest BCUT2D eigenvalue weighted by Gasteiger charge is 2.29. The molecule has 0 radical (unpaired) electrons. The average molecular weight is 345 g/mol. The first-order valence-electron chi connectivity index (χ1n) is 9.05. The van der Waals surface area contributed by atoms with E-state index in [9.17, 15) is 9.59 Å². The molecule has 1 aromatic carbocycles. The molecule has 0 bridgehead atoms. The lowest BCUT2D eigenvalue weighted by Crippen LogP contribution is -2.49. The van der Waals surface area contributed by atoms with Gasteiger partial charge in [0.25, 0.3) is 5.91 Å². The highest BCUT2D eigenvalue weighted by Crippen LogP contribution is 2.19. The molecule has 25 heavy (non-hydrogen) atoms. The second-order valence-corrected chi connectivity index (χ2v) is 6.96. The lowest BCUT2D eigenvalue weighted by Gasteiger charge is -2.33. The number of benzene rings is 1. The van der Waals surface area contributed by atoms with E-state index >= 15 is 0 Å². The van der Waals surface area contributed by atoms with E-state index in [2.05, 4.69) is 17.3 Å². The Bertz CT molecular complexity index is 593. The molecule has 2 saturated heterocycles. The monoisotopic (exact) mass is 345 g/mol. The Kier molecular flexibility index (Phi) is 6.04. The minimum atomic E-state index is -0.136. The van der Waals surface area contributed by atoms with Crippen LogP contribution >= 0.6 is 0 Å². The van der Waals surface area contributed by atoms with E-state index in [1.165, 1.54) is 0 Å². The van der Waals surface area contributed by atoms with E-state index in [1.54, 1.807) is 4.90 Å². The Labute approximate surface area is 149 Å². The van der Waals surface area contributed by atoms with Crippen molar-refractivity contribution in [1.82, 2.24) is 15.1 Å². The van der Waals surface area contributed by atoms with Gasteiger partial charge in [-0.15, -0.1) is 0 Å². The van der Waals surface area contributed by atoms with Gasteiger partial charge in [-0.3, -0.25) is 9.59 Å². The molecule has 1 aromatic rings. The highest BCUT2D eigenvalue weighted by atomic mass is 16.5. The summed E-state index contributed by atoms with van der Waals surface area (Å²) >= 11 is 0. The van der Waals surface area contributed by atoms with Crippen LogP contribution in [0.2, 0.25) is 0 Å². The van der Waals surface area contributed by atoms with Gasteiger partial charge in [0.2, 0.25) is 5.91 Å². The van der Waals surface area contributed by atoms with E-state index in [-0.39, 0.29) is 23.8 Å². The molecule has 136 valence electrons. The molecule has 0 aliphatic carbocycles. The Hall–Kier alpha value is -1.92. The van der Waals surface area contributed by atoms with Gasteiger partial charge in [-0.2, -0.15) is 0 Å². The maximum Gasteiger partial charge on any atom is 0.253 e. The van der Waals surface area contributed by atoms with Crippen LogP contribution in [0, 0.1) is 5.92 Å². The number of nitrogens with one attached hydrogen (secondary N) is 1. The van der Waals surface area contributed by atoms with Crippen LogP contribution in [0.1, 0.15) is 23.2 Å². The minimum absolute atomic E-state index is 0.00957. The second-order valence-electron chi connectivity index (χ2n) is 6.96. The fourth-order valence-corrected chi connectivity index (χ4v) is 3.49. The zero-order valence-electron chi connectivity index (χ0n) is 14.8. The number of morpholine rings is 1. The standard InChI is InChI=1S/C19H27N3O3/c1-21-10-11-25-17(14-21)12-20-18(23)16-8-5-9-22(13-16)19(24)15-6-3-2-4-7-15/h2-4,6-7,16-17H,5,8-14H2,1H3,(H,20,23). The first-order valence-corrected chi connectivity index (χ1v) is 9.05. The van der Waals surface area contributed by atoms with Crippen LogP contribution in [0.25, 0.3) is 0 Å². The Morgan fingerprint density at radius 2 is 2.00 bits per heavy atom. The zero-order valence-corrected chi connectivity index (χ0v) is 14.8. The summed E-state index contributed by atoms with van der Waals surface area (Å²) in [7, 11) is 2.06. The number of carbonyl (C=O) groups excluding carboxylic acids is 2. The molecule has 6 nitrogen and oxygen atoms in total. The van der Waals surface area contributed by atoms with Crippen molar-refractivity contribution < 1.29 is 14.3 Å². The number of rotatable bonds is 4. The number of likely N-dealkylation sites (tertiary alicyclic amines) is 1. The first-order chi connectivity index (χ1) is 12.1. The van der Waals surface area contributed by atoms with Gasteiger partial charge in [0.05, 0.1) is 18.6 Å². The predicted molar refractivity (Wildman–Crippen MR) is 95.3 cm³/mol. The summed E-state index contributed by atoms with van der Waals surface area (Å²) in [5, 5.41) is 3.01. The van der Waals surface area contributed by atoms with Crippen LogP contribution in [-0.2, 0) is 9.53 Å². The lowest BCUT2D eigenvalue weighted by molar-refractivity contribution is -0.127. The van der Waals surface area contributed by atoms with Gasteiger partial charge in [-0.25, -0.2) is 0 Å². The number of carbonyl (C=O) groups is 2. The number of likely N-dealkylation sites (N-methyl/N-ethyl adjacent to an activating group) is 1. The Balaban J connectivity index is 1.50. The van der Waals surface area contributed by atoms with Crippen LogP contribution in [0.5, 0.6) is 0 Å². The SMILES string of the molecule is CN1CCOC(CNC(=O)C2CCCN(C(=O)c3ccccc3)C2)C1. The molecule has 1 N–H and O–H groups in total. The number of piperidine rings is 1. The molecule has 6 heteroatoms. The Morgan fingerprint density at radius 3 is 2.76 bits per heavy atom. The third kappa shape index (κ3) is 4.80. The lowest BCUT2D eigenvalue weighted by atomic mass is 9.96. The summed E-state index contributed by atoms with van der Waals surface area (Å²) in [5.74, 6) is -0.0968. The largest absolute Gasteiger partial charge is 0.374 e. The van der Waals surface area contributed by atoms with Crippen molar-refractivity contribution in [3.63, 3.8) is 0 Å². The van der Waals surface area contributed by atoms with Gasteiger partial charge in [-0.05, 0) is 32.0 Å². The van der Waals surface area contributed by atoms with Crippen molar-refractivity contribution in [2.45, 2.75) is 18.9 Å². The van der Waals surface area contributed by atoms with Gasteiger partial charge in [0, 0.05) is 38.3 Å². The van der Waals surface area contributed by atoms with Crippen molar-refractivity contribution >= 4 is 11.8 Å². The maximum atomic E-state index is 12.6. The quantitative estimate of drug-likeness (QED) is 0.884. The molecule has 2 aliphatic rings. The third-order valence-electron chi connectivity index (χ3n) is 4.95. The van der Waals surface area contributed by atoms with Gasteiger partial charge < -0.3 is 19.9 Å². The molecule has 2 unspecified atom stereocenters. The summed E-state index contributed by atoms with van der Waals surface area (Å²) in [6.07, 6.45) is 1.74. The van der Waals surface area contributed by atoms with E-state index in [1.807, 2.05) is 30.3 Å². The molecule has 0 aromatic heterocycles. The van der Waals surface area contributed by atoms with Crippen molar-refractivity contribution in [2.24, 2.45) is 5.92 Å². The number of ether oxygens (including phenoxy) is 1. The number of hydrogen-bond acceptors (Lipinski definition) is 4. The molecular formula is C19H27N3O3. The number of hydrogen-bond donors (Lipinski definition) is 1. The summed E-state index contributed by atoms with van der Waals surface area (Å²) in [6.45, 7) is 4.22. The van der Waals surface area contributed by atoms with Crippen LogP contribution in [0.4, 0.5) is 0 Å². The smallest absolute Gasteiger partial charge is 0.253 e. The van der Waals surface area contributed by atoms with Crippen LogP contribution in [0.15, 0.2) is 30.3 Å². The third-order valence-corrected chi connectivity index (χ3v) is 4.95. The van der Waals surface area contributed by atoms with Crippen molar-refractivity contribution in [1.29, 1.82) is 0 Å². The van der Waals surface area contributed by atoms with Crippen LogP contribution < -0.4 is 5.32 Å². The molecule has 2 amide bonds.